The molecule has 1 fully saturated rings. The molecular formula is C20H26ClFN4O. The van der Waals surface area contributed by atoms with Gasteiger partial charge in [0.2, 0.25) is 0 Å². The van der Waals surface area contributed by atoms with Crippen molar-refractivity contribution in [3.05, 3.63) is 58.7 Å². The first-order valence-electron chi connectivity index (χ1n) is 8.93. The van der Waals surface area contributed by atoms with Crippen LogP contribution in [0.2, 0.25) is 0 Å². The number of aliphatic hydroxyl groups is 1. The lowest BCUT2D eigenvalue weighted by Gasteiger charge is -2.16. The van der Waals surface area contributed by atoms with Crippen LogP contribution in [0.1, 0.15) is 43.4 Å². The van der Waals surface area contributed by atoms with Gasteiger partial charge in [0, 0.05) is 43.5 Å². The lowest BCUT2D eigenvalue weighted by Crippen LogP contribution is -2.15. The van der Waals surface area contributed by atoms with Crippen molar-refractivity contribution in [1.82, 2.24) is 10.6 Å². The van der Waals surface area contributed by atoms with Crippen molar-refractivity contribution in [2.75, 3.05) is 13.6 Å². The minimum absolute atomic E-state index is 0.0945. The molecule has 0 amide bonds. The highest BCUT2D eigenvalue weighted by molar-refractivity contribution is 6.68. The third-order valence-corrected chi connectivity index (χ3v) is 4.66. The van der Waals surface area contributed by atoms with E-state index in [1.807, 2.05) is 0 Å². The Balaban J connectivity index is 2.26. The van der Waals surface area contributed by atoms with Crippen molar-refractivity contribution in [3.63, 3.8) is 0 Å². The summed E-state index contributed by atoms with van der Waals surface area (Å²) in [7, 11) is 1.72. The van der Waals surface area contributed by atoms with E-state index < -0.39 is 11.9 Å². The molecule has 5 nitrogen and oxygen atoms in total. The second kappa shape index (κ2) is 9.67. The molecule has 1 aliphatic rings. The Morgan fingerprint density at radius 1 is 1.33 bits per heavy atom. The number of hydrogen-bond acceptors (Lipinski definition) is 5. The van der Waals surface area contributed by atoms with E-state index in [0.717, 1.165) is 6.54 Å². The minimum Gasteiger partial charge on any atom is -0.394 e. The van der Waals surface area contributed by atoms with E-state index >= 15 is 0 Å². The monoisotopic (exact) mass is 392 g/mol. The minimum atomic E-state index is -0.909. The molecule has 27 heavy (non-hydrogen) atoms. The van der Waals surface area contributed by atoms with E-state index in [1.54, 1.807) is 19.4 Å². The van der Waals surface area contributed by atoms with Gasteiger partial charge >= 0.3 is 0 Å². The van der Waals surface area contributed by atoms with Crippen LogP contribution in [0.15, 0.2) is 41.7 Å². The van der Waals surface area contributed by atoms with Gasteiger partial charge in [0.15, 0.2) is 0 Å². The van der Waals surface area contributed by atoms with Crippen LogP contribution in [-0.4, -0.2) is 29.6 Å². The molecule has 146 valence electrons. The van der Waals surface area contributed by atoms with Crippen molar-refractivity contribution < 1.29 is 9.50 Å². The third-order valence-electron chi connectivity index (χ3n) is 4.42. The van der Waals surface area contributed by atoms with E-state index in [1.165, 1.54) is 38.0 Å². The lowest BCUT2D eigenvalue weighted by molar-refractivity contribution is 0.198. The molecule has 1 aromatic carbocycles. The number of allylic oxidation sites excluding steroid dienone is 2. The summed E-state index contributed by atoms with van der Waals surface area (Å²) in [6.07, 6.45) is 5.17. The Hall–Kier alpha value is -2.18. The summed E-state index contributed by atoms with van der Waals surface area (Å²) in [5.74, 6) is 0.222. The molecule has 2 rings (SSSR count). The molecule has 0 aromatic heterocycles. The van der Waals surface area contributed by atoms with E-state index in [2.05, 4.69) is 10.6 Å². The highest BCUT2D eigenvalue weighted by Crippen LogP contribution is 2.28. The van der Waals surface area contributed by atoms with E-state index in [4.69, 9.17) is 22.4 Å². The van der Waals surface area contributed by atoms with E-state index in [-0.39, 0.29) is 17.3 Å². The van der Waals surface area contributed by atoms with E-state index in [0.29, 0.717) is 28.2 Å². The van der Waals surface area contributed by atoms with Crippen molar-refractivity contribution in [2.24, 2.45) is 5.92 Å². The van der Waals surface area contributed by atoms with Crippen LogP contribution in [-0.2, 0) is 0 Å². The molecule has 5 N–H and O–H groups in total. The standard InChI is InChI=1S/C20H26ClFN4O/c1-12(27)18-8-16(22)5-6-17(18)19(23)14(10-25-2)7-15(20(21)24)11-26-9-13-3-4-13/h5-6,8,10-13,23-27H,3-4,7,9H2,1-2H3/b14-10-,15-11-,23-19?,24-20?/t12-/m1/s1. The zero-order chi connectivity index (χ0) is 20.0. The van der Waals surface area contributed by atoms with Crippen LogP contribution < -0.4 is 10.6 Å². The fourth-order valence-electron chi connectivity index (χ4n) is 2.73. The van der Waals surface area contributed by atoms with Gasteiger partial charge in [-0.25, -0.2) is 4.39 Å². The topological polar surface area (TPSA) is 92.0 Å². The Kier molecular flexibility index (Phi) is 7.56. The quantitative estimate of drug-likeness (QED) is 0.392. The first kappa shape index (κ1) is 21.1. The van der Waals surface area contributed by atoms with Gasteiger partial charge in [0.05, 0.1) is 11.8 Å². The maximum Gasteiger partial charge on any atom is 0.125 e. The molecule has 0 spiro atoms. The predicted octanol–water partition coefficient (Wildman–Crippen LogP) is 3.84. The fraction of sp³-hybridized carbons (Fsp3) is 0.400. The molecule has 1 atom stereocenters. The summed E-state index contributed by atoms with van der Waals surface area (Å²) in [4.78, 5) is 0. The average Bonchev–Trinajstić information content (AvgIpc) is 3.43. The van der Waals surface area contributed by atoms with Gasteiger partial charge < -0.3 is 15.7 Å². The number of nitrogens with one attached hydrogen (secondary N) is 4. The fourth-order valence-corrected chi connectivity index (χ4v) is 2.86. The maximum atomic E-state index is 13.6. The van der Waals surface area contributed by atoms with Crippen LogP contribution in [0, 0.1) is 22.6 Å². The highest BCUT2D eigenvalue weighted by Gasteiger charge is 2.21. The van der Waals surface area contributed by atoms with Gasteiger partial charge in [0.25, 0.3) is 0 Å². The van der Waals surface area contributed by atoms with Crippen molar-refractivity contribution in [1.29, 1.82) is 10.8 Å². The highest BCUT2D eigenvalue weighted by atomic mass is 35.5. The van der Waals surface area contributed by atoms with Crippen LogP contribution >= 0.6 is 11.6 Å². The first-order valence-corrected chi connectivity index (χ1v) is 9.31. The number of halogens is 2. The molecular weight excluding hydrogens is 367 g/mol. The Labute approximate surface area is 164 Å². The summed E-state index contributed by atoms with van der Waals surface area (Å²) < 4.78 is 13.6. The molecule has 0 heterocycles. The molecule has 1 saturated carbocycles. The normalized spacial score (nSPS) is 16.0. The lowest BCUT2D eigenvalue weighted by atomic mass is 9.92. The molecule has 7 heteroatoms. The van der Waals surface area contributed by atoms with E-state index in [9.17, 15) is 9.50 Å². The molecule has 0 radical (unpaired) electrons. The predicted molar refractivity (Wildman–Crippen MR) is 108 cm³/mol. The summed E-state index contributed by atoms with van der Waals surface area (Å²) in [5, 5.41) is 32.4. The van der Waals surface area contributed by atoms with Gasteiger partial charge in [-0.05, 0) is 55.0 Å². The van der Waals surface area contributed by atoms with Gasteiger partial charge in [-0.2, -0.15) is 0 Å². The summed E-state index contributed by atoms with van der Waals surface area (Å²) in [6.45, 7) is 2.38. The number of benzene rings is 1. The molecule has 0 unspecified atom stereocenters. The molecule has 0 bridgehead atoms. The zero-order valence-electron chi connectivity index (χ0n) is 15.6. The van der Waals surface area contributed by atoms with Gasteiger partial charge in [0.1, 0.15) is 11.0 Å². The largest absolute Gasteiger partial charge is 0.394 e. The smallest absolute Gasteiger partial charge is 0.125 e. The summed E-state index contributed by atoms with van der Waals surface area (Å²) in [6, 6.07) is 4.00. The van der Waals surface area contributed by atoms with Crippen molar-refractivity contribution in [3.8, 4) is 0 Å². The van der Waals surface area contributed by atoms with Crippen LogP contribution in [0.5, 0.6) is 0 Å². The second-order valence-corrected chi connectivity index (χ2v) is 7.13. The maximum absolute atomic E-state index is 13.6. The SMILES string of the molecule is CN/C=C(/C/C(=C/NCC1CC1)C(=N)Cl)C(=N)c1ccc(F)cc1[C@@H](C)O. The Bertz CT molecular complexity index is 769. The molecule has 1 aliphatic carbocycles. The molecule has 1 aromatic rings. The zero-order valence-corrected chi connectivity index (χ0v) is 16.3. The van der Waals surface area contributed by atoms with Crippen molar-refractivity contribution >= 4 is 22.5 Å². The average molecular weight is 393 g/mol. The Morgan fingerprint density at radius 3 is 2.59 bits per heavy atom. The second-order valence-electron chi connectivity index (χ2n) is 6.75. The third kappa shape index (κ3) is 6.19. The Morgan fingerprint density at radius 2 is 2.04 bits per heavy atom. The van der Waals surface area contributed by atoms with Crippen LogP contribution in [0.4, 0.5) is 4.39 Å². The molecule has 0 aliphatic heterocycles. The molecule has 0 saturated heterocycles. The van der Waals surface area contributed by atoms with Crippen LogP contribution in [0.25, 0.3) is 0 Å². The van der Waals surface area contributed by atoms with Crippen molar-refractivity contribution in [2.45, 2.75) is 32.3 Å². The number of hydrogen-bond donors (Lipinski definition) is 5. The summed E-state index contributed by atoms with van der Waals surface area (Å²) >= 11 is 5.94. The summed E-state index contributed by atoms with van der Waals surface area (Å²) in [5.41, 5.74) is 2.08. The first-order chi connectivity index (χ1) is 12.8. The number of aliphatic hydroxyl groups excluding tert-OH is 1. The number of rotatable bonds is 10. The van der Waals surface area contributed by atoms with Gasteiger partial charge in [-0.1, -0.05) is 11.6 Å². The van der Waals surface area contributed by atoms with Gasteiger partial charge in [-0.3, -0.25) is 10.8 Å². The van der Waals surface area contributed by atoms with Crippen LogP contribution in [0.3, 0.4) is 0 Å². The van der Waals surface area contributed by atoms with Gasteiger partial charge in [-0.15, -0.1) is 0 Å².